The first-order chi connectivity index (χ1) is 11.7. The fourth-order valence-electron chi connectivity index (χ4n) is 4.36. The van der Waals surface area contributed by atoms with Crippen LogP contribution in [0.25, 0.3) is 0 Å². The van der Waals surface area contributed by atoms with Crippen LogP contribution in [0.3, 0.4) is 0 Å². The van der Waals surface area contributed by atoms with Crippen molar-refractivity contribution >= 4 is 11.6 Å². The number of hydrogen-bond acceptors (Lipinski definition) is 2. The Bertz CT molecular complexity index is 682. The standard InChI is InChI=1S/C21H24ClNO/c22-18-10-8-17(9-11-18)21(24)16-6-4-15(5-7-16)20-13-12-19-3-1-2-14-23(19)20/h4-11,19-21,24H,1-3,12-14H2. The van der Waals surface area contributed by atoms with E-state index in [0.717, 1.165) is 17.2 Å². The van der Waals surface area contributed by atoms with Crippen molar-refractivity contribution in [1.82, 2.24) is 4.90 Å². The second kappa shape index (κ2) is 6.87. The molecule has 2 nitrogen and oxygen atoms in total. The molecule has 126 valence electrons. The lowest BCUT2D eigenvalue weighted by molar-refractivity contribution is 0.150. The molecule has 0 aromatic heterocycles. The highest BCUT2D eigenvalue weighted by Gasteiger charge is 2.35. The van der Waals surface area contributed by atoms with Crippen LogP contribution in [0, 0.1) is 0 Å². The molecule has 2 aromatic rings. The smallest absolute Gasteiger partial charge is 0.104 e. The summed E-state index contributed by atoms with van der Waals surface area (Å²) >= 11 is 5.93. The van der Waals surface area contributed by atoms with Crippen molar-refractivity contribution in [3.05, 3.63) is 70.2 Å². The molecule has 0 amide bonds. The Labute approximate surface area is 149 Å². The van der Waals surface area contributed by atoms with E-state index >= 15 is 0 Å². The molecule has 3 heteroatoms. The van der Waals surface area contributed by atoms with Gasteiger partial charge in [0.15, 0.2) is 0 Å². The van der Waals surface area contributed by atoms with Crippen molar-refractivity contribution in [1.29, 1.82) is 0 Å². The fraction of sp³-hybridized carbons (Fsp3) is 0.429. The molecule has 2 fully saturated rings. The molecule has 2 aliphatic heterocycles. The van der Waals surface area contributed by atoms with Crippen molar-refractivity contribution in [2.24, 2.45) is 0 Å². The number of nitrogens with zero attached hydrogens (tertiary/aromatic N) is 1. The summed E-state index contributed by atoms with van der Waals surface area (Å²) in [5, 5.41) is 11.3. The van der Waals surface area contributed by atoms with Crippen LogP contribution in [-0.4, -0.2) is 22.6 Å². The largest absolute Gasteiger partial charge is 0.384 e. The SMILES string of the molecule is OC(c1ccc(Cl)cc1)c1ccc(C2CCC3CCCCN32)cc1. The van der Waals surface area contributed by atoms with Crippen LogP contribution in [0.4, 0.5) is 0 Å². The van der Waals surface area contributed by atoms with E-state index < -0.39 is 6.10 Å². The predicted molar refractivity (Wildman–Crippen MR) is 98.3 cm³/mol. The second-order valence-electron chi connectivity index (χ2n) is 7.10. The Balaban J connectivity index is 1.51. The minimum Gasteiger partial charge on any atom is -0.384 e. The van der Waals surface area contributed by atoms with Crippen LogP contribution in [0.5, 0.6) is 0 Å². The highest BCUT2D eigenvalue weighted by Crippen LogP contribution is 2.40. The predicted octanol–water partition coefficient (Wildman–Crippen LogP) is 5.11. The van der Waals surface area contributed by atoms with Gasteiger partial charge in [-0.05, 0) is 61.1 Å². The topological polar surface area (TPSA) is 23.5 Å². The first-order valence-electron chi connectivity index (χ1n) is 9.01. The van der Waals surface area contributed by atoms with Gasteiger partial charge in [0.2, 0.25) is 0 Å². The summed E-state index contributed by atoms with van der Waals surface area (Å²) in [7, 11) is 0. The molecule has 24 heavy (non-hydrogen) atoms. The highest BCUT2D eigenvalue weighted by atomic mass is 35.5. The van der Waals surface area contributed by atoms with Crippen LogP contribution in [-0.2, 0) is 0 Å². The molecule has 1 N–H and O–H groups in total. The summed E-state index contributed by atoms with van der Waals surface area (Å²) in [5.41, 5.74) is 3.21. The molecule has 3 unspecified atom stereocenters. The second-order valence-corrected chi connectivity index (χ2v) is 7.54. The first-order valence-corrected chi connectivity index (χ1v) is 9.39. The summed E-state index contributed by atoms with van der Waals surface area (Å²) in [6.45, 7) is 1.24. The van der Waals surface area contributed by atoms with Crippen LogP contribution in [0.1, 0.15) is 60.9 Å². The van der Waals surface area contributed by atoms with Crippen LogP contribution >= 0.6 is 11.6 Å². The van der Waals surface area contributed by atoms with Gasteiger partial charge in [0.25, 0.3) is 0 Å². The molecule has 0 bridgehead atoms. The summed E-state index contributed by atoms with van der Waals surface area (Å²) < 4.78 is 0. The van der Waals surface area contributed by atoms with E-state index in [2.05, 4.69) is 29.2 Å². The number of rotatable bonds is 3. The van der Waals surface area contributed by atoms with E-state index in [9.17, 15) is 5.11 Å². The molecular weight excluding hydrogens is 318 g/mol. The van der Waals surface area contributed by atoms with Crippen molar-refractivity contribution in [2.45, 2.75) is 50.3 Å². The van der Waals surface area contributed by atoms with E-state index in [1.54, 1.807) is 0 Å². The van der Waals surface area contributed by atoms with Crippen molar-refractivity contribution in [3.8, 4) is 0 Å². The minimum atomic E-state index is -0.595. The number of hydrogen-bond donors (Lipinski definition) is 1. The molecule has 2 aliphatic rings. The molecule has 4 rings (SSSR count). The first kappa shape index (κ1) is 16.1. The molecule has 3 atom stereocenters. The lowest BCUT2D eigenvalue weighted by Gasteiger charge is -2.34. The van der Waals surface area contributed by atoms with E-state index in [4.69, 9.17) is 11.6 Å². The number of aliphatic hydroxyl groups is 1. The number of piperidine rings is 1. The molecular formula is C21H24ClNO. The highest BCUT2D eigenvalue weighted by molar-refractivity contribution is 6.30. The molecule has 0 aliphatic carbocycles. The van der Waals surface area contributed by atoms with E-state index in [0.29, 0.717) is 11.1 Å². The van der Waals surface area contributed by atoms with Crippen LogP contribution in [0.15, 0.2) is 48.5 Å². The Hall–Kier alpha value is -1.35. The van der Waals surface area contributed by atoms with Gasteiger partial charge in [0.1, 0.15) is 6.10 Å². The van der Waals surface area contributed by atoms with Gasteiger partial charge in [-0.3, -0.25) is 4.90 Å². The van der Waals surface area contributed by atoms with Gasteiger partial charge in [-0.15, -0.1) is 0 Å². The minimum absolute atomic E-state index is 0.567. The quantitative estimate of drug-likeness (QED) is 0.838. The lowest BCUT2D eigenvalue weighted by atomic mass is 9.97. The lowest BCUT2D eigenvalue weighted by Crippen LogP contribution is -2.35. The van der Waals surface area contributed by atoms with Gasteiger partial charge in [-0.1, -0.05) is 54.4 Å². The maximum Gasteiger partial charge on any atom is 0.104 e. The molecule has 2 saturated heterocycles. The van der Waals surface area contributed by atoms with Crippen molar-refractivity contribution < 1.29 is 5.11 Å². The van der Waals surface area contributed by atoms with Crippen LogP contribution in [0.2, 0.25) is 5.02 Å². The van der Waals surface area contributed by atoms with Crippen LogP contribution < -0.4 is 0 Å². The molecule has 0 radical (unpaired) electrons. The third-order valence-electron chi connectivity index (χ3n) is 5.67. The summed E-state index contributed by atoms with van der Waals surface area (Å²) in [6.07, 6.45) is 6.09. The Morgan fingerprint density at radius 2 is 1.54 bits per heavy atom. The third-order valence-corrected chi connectivity index (χ3v) is 5.92. The van der Waals surface area contributed by atoms with Gasteiger partial charge in [0.05, 0.1) is 0 Å². The average Bonchev–Trinajstić information content (AvgIpc) is 3.06. The fourth-order valence-corrected chi connectivity index (χ4v) is 4.48. The number of aliphatic hydroxyl groups excluding tert-OH is 1. The Morgan fingerprint density at radius 1 is 0.875 bits per heavy atom. The van der Waals surface area contributed by atoms with Gasteiger partial charge < -0.3 is 5.11 Å². The normalized spacial score (nSPS) is 25.4. The average molecular weight is 342 g/mol. The zero-order chi connectivity index (χ0) is 16.5. The monoisotopic (exact) mass is 341 g/mol. The maximum absolute atomic E-state index is 10.6. The Kier molecular flexibility index (Phi) is 4.62. The summed E-state index contributed by atoms with van der Waals surface area (Å²) in [6, 6.07) is 17.3. The summed E-state index contributed by atoms with van der Waals surface area (Å²) in [4.78, 5) is 2.70. The van der Waals surface area contributed by atoms with E-state index in [-0.39, 0.29) is 0 Å². The van der Waals surface area contributed by atoms with Crippen molar-refractivity contribution in [3.63, 3.8) is 0 Å². The van der Waals surface area contributed by atoms with Gasteiger partial charge in [-0.25, -0.2) is 0 Å². The van der Waals surface area contributed by atoms with Gasteiger partial charge in [0, 0.05) is 17.1 Å². The van der Waals surface area contributed by atoms with Gasteiger partial charge >= 0.3 is 0 Å². The third kappa shape index (κ3) is 3.11. The number of benzene rings is 2. The maximum atomic E-state index is 10.6. The van der Waals surface area contributed by atoms with E-state index in [1.165, 1.54) is 44.2 Å². The Morgan fingerprint density at radius 3 is 2.25 bits per heavy atom. The molecule has 0 spiro atoms. The molecule has 0 saturated carbocycles. The molecule has 2 aromatic carbocycles. The van der Waals surface area contributed by atoms with E-state index in [1.807, 2.05) is 24.3 Å². The molecule has 2 heterocycles. The summed E-state index contributed by atoms with van der Waals surface area (Å²) in [5.74, 6) is 0. The number of halogens is 1. The number of fused-ring (bicyclic) bond motifs is 1. The van der Waals surface area contributed by atoms with Crippen molar-refractivity contribution in [2.75, 3.05) is 6.54 Å². The zero-order valence-corrected chi connectivity index (χ0v) is 14.6. The van der Waals surface area contributed by atoms with Gasteiger partial charge in [-0.2, -0.15) is 0 Å². The zero-order valence-electron chi connectivity index (χ0n) is 13.9.